The Bertz CT molecular complexity index is 516. The number of aliphatic hydroxyl groups excluding tert-OH is 1. The van der Waals surface area contributed by atoms with Crippen LogP contribution in [0.15, 0.2) is 24.3 Å². The number of amides is 2. The van der Waals surface area contributed by atoms with E-state index in [1.807, 2.05) is 13.0 Å². The van der Waals surface area contributed by atoms with Crippen molar-refractivity contribution in [2.75, 3.05) is 18.1 Å². The van der Waals surface area contributed by atoms with Gasteiger partial charge in [-0.2, -0.15) is 0 Å². The smallest absolute Gasteiger partial charge is 0.251 e. The Balaban J connectivity index is 2.03. The third-order valence-electron chi connectivity index (χ3n) is 3.67. The number of nitrogens with zero attached hydrogens (tertiary/aromatic N) is 1. The third kappa shape index (κ3) is 4.04. The zero-order chi connectivity index (χ0) is 15.2. The number of rotatable bonds is 6. The Morgan fingerprint density at radius 3 is 2.95 bits per heavy atom. The molecular weight excluding hydrogens is 268 g/mol. The highest BCUT2D eigenvalue weighted by atomic mass is 16.3. The molecule has 0 bridgehead atoms. The van der Waals surface area contributed by atoms with Crippen molar-refractivity contribution in [3.8, 4) is 0 Å². The molecule has 2 amide bonds. The summed E-state index contributed by atoms with van der Waals surface area (Å²) in [5.74, 6) is -0.0298. The lowest BCUT2D eigenvalue weighted by molar-refractivity contribution is -0.117. The molecule has 1 heterocycles. The lowest BCUT2D eigenvalue weighted by Gasteiger charge is -2.17. The minimum absolute atomic E-state index is 0.0155. The molecule has 1 aliphatic rings. The molecule has 5 nitrogen and oxygen atoms in total. The molecule has 1 atom stereocenters. The van der Waals surface area contributed by atoms with E-state index in [4.69, 9.17) is 5.11 Å². The van der Waals surface area contributed by atoms with Crippen LogP contribution in [0.4, 0.5) is 5.69 Å². The van der Waals surface area contributed by atoms with Crippen LogP contribution in [0, 0.1) is 0 Å². The van der Waals surface area contributed by atoms with E-state index in [9.17, 15) is 9.59 Å². The summed E-state index contributed by atoms with van der Waals surface area (Å²) >= 11 is 0. The molecule has 1 unspecified atom stereocenters. The lowest BCUT2D eigenvalue weighted by Crippen LogP contribution is -2.33. The SMILES string of the molecule is CC(CCCO)NC(=O)c1cccc(N2CCCC2=O)c1. The molecule has 1 saturated heterocycles. The maximum atomic E-state index is 12.2. The van der Waals surface area contributed by atoms with Gasteiger partial charge in [0.25, 0.3) is 5.91 Å². The van der Waals surface area contributed by atoms with Crippen LogP contribution < -0.4 is 10.2 Å². The molecular formula is C16H22N2O3. The Labute approximate surface area is 125 Å². The molecule has 2 N–H and O–H groups in total. The molecule has 1 aliphatic heterocycles. The van der Waals surface area contributed by atoms with Gasteiger partial charge in [-0.15, -0.1) is 0 Å². The zero-order valence-electron chi connectivity index (χ0n) is 12.3. The predicted molar refractivity (Wildman–Crippen MR) is 81.3 cm³/mol. The lowest BCUT2D eigenvalue weighted by atomic mass is 10.1. The fourth-order valence-corrected chi connectivity index (χ4v) is 2.51. The largest absolute Gasteiger partial charge is 0.396 e. The number of aliphatic hydroxyl groups is 1. The standard InChI is InChI=1S/C16H22N2O3/c1-12(5-4-10-19)17-16(21)13-6-2-7-14(11-13)18-9-3-8-15(18)20/h2,6-7,11-12,19H,3-5,8-10H2,1H3,(H,17,21). The van der Waals surface area contributed by atoms with E-state index in [0.29, 0.717) is 18.4 Å². The number of anilines is 1. The minimum Gasteiger partial charge on any atom is -0.396 e. The predicted octanol–water partition coefficient (Wildman–Crippen LogP) is 1.70. The van der Waals surface area contributed by atoms with Crippen molar-refractivity contribution >= 4 is 17.5 Å². The van der Waals surface area contributed by atoms with Gasteiger partial charge in [-0.3, -0.25) is 9.59 Å². The molecule has 114 valence electrons. The van der Waals surface area contributed by atoms with Crippen molar-refractivity contribution in [3.05, 3.63) is 29.8 Å². The Morgan fingerprint density at radius 2 is 2.29 bits per heavy atom. The molecule has 0 saturated carbocycles. The second-order valence-corrected chi connectivity index (χ2v) is 5.44. The normalized spacial score (nSPS) is 16.1. The molecule has 2 rings (SSSR count). The highest BCUT2D eigenvalue weighted by molar-refractivity contribution is 5.99. The van der Waals surface area contributed by atoms with Gasteiger partial charge in [-0.25, -0.2) is 0 Å². The van der Waals surface area contributed by atoms with Crippen molar-refractivity contribution < 1.29 is 14.7 Å². The number of benzene rings is 1. The summed E-state index contributed by atoms with van der Waals surface area (Å²) in [6.45, 7) is 2.77. The van der Waals surface area contributed by atoms with Gasteiger partial charge < -0.3 is 15.3 Å². The van der Waals surface area contributed by atoms with E-state index < -0.39 is 0 Å². The summed E-state index contributed by atoms with van der Waals surface area (Å²) < 4.78 is 0. The maximum Gasteiger partial charge on any atom is 0.251 e. The van der Waals surface area contributed by atoms with Crippen LogP contribution in [0.2, 0.25) is 0 Å². The van der Waals surface area contributed by atoms with Crippen LogP contribution in [0.25, 0.3) is 0 Å². The highest BCUT2D eigenvalue weighted by Crippen LogP contribution is 2.22. The number of carbonyl (C=O) groups is 2. The van der Waals surface area contributed by atoms with Gasteiger partial charge in [0.15, 0.2) is 0 Å². The topological polar surface area (TPSA) is 69.6 Å². The first-order chi connectivity index (χ1) is 10.1. The number of carbonyl (C=O) groups excluding carboxylic acids is 2. The van der Waals surface area contributed by atoms with Crippen LogP contribution in [-0.2, 0) is 4.79 Å². The van der Waals surface area contributed by atoms with Gasteiger partial charge in [0, 0.05) is 36.9 Å². The van der Waals surface area contributed by atoms with Gasteiger partial charge >= 0.3 is 0 Å². The third-order valence-corrected chi connectivity index (χ3v) is 3.67. The average molecular weight is 290 g/mol. The number of hydrogen-bond acceptors (Lipinski definition) is 3. The molecule has 1 aromatic rings. The molecule has 1 aromatic carbocycles. The van der Waals surface area contributed by atoms with Crippen LogP contribution >= 0.6 is 0 Å². The average Bonchev–Trinajstić information content (AvgIpc) is 2.91. The fraction of sp³-hybridized carbons (Fsp3) is 0.500. The summed E-state index contributed by atoms with van der Waals surface area (Å²) in [7, 11) is 0. The van der Waals surface area contributed by atoms with Crippen molar-refractivity contribution in [2.45, 2.75) is 38.6 Å². The Kier molecular flexibility index (Phi) is 5.33. The van der Waals surface area contributed by atoms with Gasteiger partial charge in [0.2, 0.25) is 5.91 Å². The van der Waals surface area contributed by atoms with E-state index in [2.05, 4.69) is 5.32 Å². The first-order valence-corrected chi connectivity index (χ1v) is 7.44. The van der Waals surface area contributed by atoms with Gasteiger partial charge in [-0.1, -0.05) is 6.07 Å². The molecule has 0 aliphatic carbocycles. The molecule has 0 radical (unpaired) electrons. The van der Waals surface area contributed by atoms with Gasteiger partial charge in [0.1, 0.15) is 0 Å². The second kappa shape index (κ2) is 7.22. The van der Waals surface area contributed by atoms with Crippen LogP contribution in [0.3, 0.4) is 0 Å². The Morgan fingerprint density at radius 1 is 1.48 bits per heavy atom. The summed E-state index contributed by atoms with van der Waals surface area (Å²) in [5, 5.41) is 11.7. The van der Waals surface area contributed by atoms with Gasteiger partial charge in [0.05, 0.1) is 0 Å². The number of nitrogens with one attached hydrogen (secondary N) is 1. The summed E-state index contributed by atoms with van der Waals surface area (Å²) in [6.07, 6.45) is 2.86. The van der Waals surface area contributed by atoms with Gasteiger partial charge in [-0.05, 0) is 44.4 Å². The molecule has 21 heavy (non-hydrogen) atoms. The van der Waals surface area contributed by atoms with E-state index in [-0.39, 0.29) is 24.5 Å². The van der Waals surface area contributed by atoms with Crippen LogP contribution in [-0.4, -0.2) is 36.1 Å². The molecule has 0 aromatic heterocycles. The first kappa shape index (κ1) is 15.5. The van der Waals surface area contributed by atoms with Crippen molar-refractivity contribution in [3.63, 3.8) is 0 Å². The summed E-state index contributed by atoms with van der Waals surface area (Å²) in [6, 6.07) is 7.18. The fourth-order valence-electron chi connectivity index (χ4n) is 2.51. The molecule has 0 spiro atoms. The molecule has 1 fully saturated rings. The summed E-state index contributed by atoms with van der Waals surface area (Å²) in [4.78, 5) is 25.7. The molecule has 5 heteroatoms. The zero-order valence-corrected chi connectivity index (χ0v) is 12.3. The Hall–Kier alpha value is -1.88. The van der Waals surface area contributed by atoms with E-state index in [0.717, 1.165) is 25.1 Å². The van der Waals surface area contributed by atoms with E-state index in [1.165, 1.54) is 0 Å². The first-order valence-electron chi connectivity index (χ1n) is 7.44. The van der Waals surface area contributed by atoms with Crippen LogP contribution in [0.5, 0.6) is 0 Å². The van der Waals surface area contributed by atoms with Crippen LogP contribution in [0.1, 0.15) is 43.0 Å². The second-order valence-electron chi connectivity index (χ2n) is 5.44. The number of hydrogen-bond donors (Lipinski definition) is 2. The van der Waals surface area contributed by atoms with Crippen molar-refractivity contribution in [1.82, 2.24) is 5.32 Å². The highest BCUT2D eigenvalue weighted by Gasteiger charge is 2.22. The van der Waals surface area contributed by atoms with E-state index >= 15 is 0 Å². The minimum atomic E-state index is -0.145. The summed E-state index contributed by atoms with van der Waals surface area (Å²) in [5.41, 5.74) is 1.34. The van der Waals surface area contributed by atoms with E-state index in [1.54, 1.807) is 23.1 Å². The quantitative estimate of drug-likeness (QED) is 0.838. The van der Waals surface area contributed by atoms with Crippen molar-refractivity contribution in [1.29, 1.82) is 0 Å². The monoisotopic (exact) mass is 290 g/mol. The van der Waals surface area contributed by atoms with Crippen molar-refractivity contribution in [2.24, 2.45) is 0 Å². The maximum absolute atomic E-state index is 12.2.